The molecule has 0 N–H and O–H groups in total. The molecule has 5 nitrogen and oxygen atoms in total. The van der Waals surface area contributed by atoms with E-state index in [1.165, 1.54) is 12.1 Å². The Kier molecular flexibility index (Phi) is 8.33. The molecular formula is C49H33FN4O. The Hall–Kier alpha value is -7.23. The zero-order chi connectivity index (χ0) is 37.5. The van der Waals surface area contributed by atoms with Crippen molar-refractivity contribution in [3.8, 4) is 84.4 Å². The lowest BCUT2D eigenvalue weighted by atomic mass is 9.85. The molecule has 0 saturated carbocycles. The molecule has 9 rings (SSSR count). The molecule has 0 atom stereocenters. The second kappa shape index (κ2) is 13.6. The normalized spacial score (nSPS) is 12.5. The van der Waals surface area contributed by atoms with Crippen molar-refractivity contribution in [3.05, 3.63) is 187 Å². The Morgan fingerprint density at radius 3 is 1.85 bits per heavy atom. The van der Waals surface area contributed by atoms with Crippen molar-refractivity contribution in [1.29, 1.82) is 0 Å². The van der Waals surface area contributed by atoms with Crippen LogP contribution in [0, 0.1) is 12.4 Å². The van der Waals surface area contributed by atoms with E-state index in [-0.39, 0.29) is 0 Å². The van der Waals surface area contributed by atoms with Crippen LogP contribution in [0.15, 0.2) is 164 Å². The summed E-state index contributed by atoms with van der Waals surface area (Å²) in [6.45, 7) is 11.6. The van der Waals surface area contributed by atoms with Gasteiger partial charge in [-0.25, -0.2) is 24.2 Å². The highest BCUT2D eigenvalue weighted by atomic mass is 19.1. The van der Waals surface area contributed by atoms with Gasteiger partial charge < -0.3 is 4.74 Å². The molecule has 0 fully saturated rings. The van der Waals surface area contributed by atoms with E-state index < -0.39 is 11.4 Å². The van der Waals surface area contributed by atoms with Gasteiger partial charge in [0, 0.05) is 27.8 Å². The first kappa shape index (κ1) is 33.6. The molecule has 0 spiro atoms. The van der Waals surface area contributed by atoms with E-state index in [1.54, 1.807) is 6.07 Å². The fourth-order valence-electron chi connectivity index (χ4n) is 7.36. The van der Waals surface area contributed by atoms with Gasteiger partial charge in [-0.05, 0) is 89.2 Å². The molecule has 0 unspecified atom stereocenters. The molecule has 6 heteroatoms. The fourth-order valence-corrected chi connectivity index (χ4v) is 7.36. The quantitative estimate of drug-likeness (QED) is 0.161. The first-order chi connectivity index (χ1) is 26.8. The smallest absolute Gasteiger partial charge is 0.187 e. The van der Waals surface area contributed by atoms with E-state index in [4.69, 9.17) is 26.3 Å². The molecule has 1 aromatic heterocycles. The molecule has 8 aromatic rings. The number of hydrogen-bond donors (Lipinski definition) is 0. The highest BCUT2D eigenvalue weighted by Crippen LogP contribution is 2.46. The number of hydrogen-bond acceptors (Lipinski definition) is 4. The lowest BCUT2D eigenvalue weighted by Crippen LogP contribution is -2.29. The topological polar surface area (TPSA) is 52.3 Å². The summed E-state index contributed by atoms with van der Waals surface area (Å²) in [5, 5.41) is 0. The maximum absolute atomic E-state index is 15.8. The summed E-state index contributed by atoms with van der Waals surface area (Å²) in [6, 6.07) is 52.8. The summed E-state index contributed by atoms with van der Waals surface area (Å²) < 4.78 is 22.3. The molecule has 0 saturated heterocycles. The number of nitrogens with zero attached hydrogens (tertiary/aromatic N) is 4. The summed E-state index contributed by atoms with van der Waals surface area (Å²) in [4.78, 5) is 18.7. The van der Waals surface area contributed by atoms with E-state index in [2.05, 4.69) is 49.0 Å². The van der Waals surface area contributed by atoms with Crippen LogP contribution in [0.25, 0.3) is 83.5 Å². The third kappa shape index (κ3) is 6.43. The first-order valence-electron chi connectivity index (χ1n) is 18.1. The van der Waals surface area contributed by atoms with Crippen molar-refractivity contribution in [2.45, 2.75) is 19.4 Å². The number of fused-ring (bicyclic) bond motifs is 3. The van der Waals surface area contributed by atoms with E-state index in [9.17, 15) is 0 Å². The minimum absolute atomic E-state index is 0.341. The van der Waals surface area contributed by atoms with Crippen molar-refractivity contribution in [2.24, 2.45) is 0 Å². The monoisotopic (exact) mass is 712 g/mol. The van der Waals surface area contributed by atoms with Gasteiger partial charge in [-0.3, -0.25) is 0 Å². The highest BCUT2D eigenvalue weighted by Gasteiger charge is 2.32. The van der Waals surface area contributed by atoms with E-state index >= 15 is 4.39 Å². The zero-order valence-electron chi connectivity index (χ0n) is 30.2. The minimum Gasteiger partial charge on any atom is -0.482 e. The average Bonchev–Trinajstić information content (AvgIpc) is 3.23. The molecule has 0 aliphatic carbocycles. The van der Waals surface area contributed by atoms with Crippen molar-refractivity contribution in [1.82, 2.24) is 15.0 Å². The van der Waals surface area contributed by atoms with Gasteiger partial charge in [0.2, 0.25) is 0 Å². The second-order valence-electron chi connectivity index (χ2n) is 14.1. The molecule has 0 bridgehead atoms. The highest BCUT2D eigenvalue weighted by molar-refractivity contribution is 5.84. The van der Waals surface area contributed by atoms with Crippen LogP contribution in [0.1, 0.15) is 19.4 Å². The number of halogens is 1. The SMILES string of the molecule is [C-]#[N+]c1cccc(-c2cccc(-c3nc(-c4cc(F)cc(-c5ccc6c(c5)OC(C)(C)c5ccccc5-6)c4)nc(-c4ccccc4-c4ccccc4)n3)c2)c1. The van der Waals surface area contributed by atoms with Crippen molar-refractivity contribution >= 4 is 5.69 Å². The molecular weight excluding hydrogens is 680 g/mol. The van der Waals surface area contributed by atoms with Crippen LogP contribution in [0.2, 0.25) is 0 Å². The average molecular weight is 713 g/mol. The van der Waals surface area contributed by atoms with Gasteiger partial charge >= 0.3 is 0 Å². The Morgan fingerprint density at radius 1 is 0.473 bits per heavy atom. The van der Waals surface area contributed by atoms with Gasteiger partial charge in [0.15, 0.2) is 23.2 Å². The summed E-state index contributed by atoms with van der Waals surface area (Å²) in [7, 11) is 0. The van der Waals surface area contributed by atoms with Gasteiger partial charge in [-0.2, -0.15) is 0 Å². The van der Waals surface area contributed by atoms with E-state index in [0.717, 1.165) is 61.4 Å². The lowest BCUT2D eigenvalue weighted by Gasteiger charge is -2.35. The van der Waals surface area contributed by atoms with Crippen LogP contribution >= 0.6 is 0 Å². The molecule has 262 valence electrons. The van der Waals surface area contributed by atoms with Crippen LogP contribution in [-0.4, -0.2) is 15.0 Å². The molecule has 7 aromatic carbocycles. The lowest BCUT2D eigenvalue weighted by molar-refractivity contribution is 0.106. The molecule has 1 aliphatic rings. The largest absolute Gasteiger partial charge is 0.482 e. The number of aromatic nitrogens is 3. The third-order valence-electron chi connectivity index (χ3n) is 10.0. The predicted molar refractivity (Wildman–Crippen MR) is 218 cm³/mol. The Labute approximate surface area is 319 Å². The van der Waals surface area contributed by atoms with Crippen LogP contribution < -0.4 is 4.74 Å². The van der Waals surface area contributed by atoms with Crippen LogP contribution in [0.3, 0.4) is 0 Å². The van der Waals surface area contributed by atoms with Gasteiger partial charge in [-0.15, -0.1) is 0 Å². The van der Waals surface area contributed by atoms with E-state index in [0.29, 0.717) is 34.3 Å². The maximum atomic E-state index is 15.8. The Bertz CT molecular complexity index is 2810. The van der Waals surface area contributed by atoms with Crippen LogP contribution in [0.4, 0.5) is 10.1 Å². The van der Waals surface area contributed by atoms with Gasteiger partial charge in [0.25, 0.3) is 0 Å². The van der Waals surface area contributed by atoms with Crippen molar-refractivity contribution in [2.75, 3.05) is 0 Å². The predicted octanol–water partition coefficient (Wildman–Crippen LogP) is 12.9. The van der Waals surface area contributed by atoms with Gasteiger partial charge in [-0.1, -0.05) is 127 Å². The number of ether oxygens (including phenoxy) is 1. The molecule has 0 radical (unpaired) electrons. The molecule has 1 aliphatic heterocycles. The Balaban J connectivity index is 1.20. The molecule has 0 amide bonds. The van der Waals surface area contributed by atoms with E-state index in [1.807, 2.05) is 115 Å². The first-order valence-corrected chi connectivity index (χ1v) is 18.1. The zero-order valence-corrected chi connectivity index (χ0v) is 30.2. The maximum Gasteiger partial charge on any atom is 0.187 e. The number of rotatable bonds is 6. The second-order valence-corrected chi connectivity index (χ2v) is 14.1. The molecule has 55 heavy (non-hydrogen) atoms. The van der Waals surface area contributed by atoms with Crippen molar-refractivity contribution in [3.63, 3.8) is 0 Å². The minimum atomic E-state index is -0.528. The van der Waals surface area contributed by atoms with Gasteiger partial charge in [0.1, 0.15) is 17.2 Å². The third-order valence-corrected chi connectivity index (χ3v) is 10.0. The Morgan fingerprint density at radius 2 is 1.05 bits per heavy atom. The van der Waals surface area contributed by atoms with Crippen LogP contribution in [0.5, 0.6) is 5.75 Å². The summed E-state index contributed by atoms with van der Waals surface area (Å²) in [5.41, 5.74) is 10.7. The van der Waals surface area contributed by atoms with Crippen LogP contribution in [-0.2, 0) is 5.60 Å². The summed E-state index contributed by atoms with van der Waals surface area (Å²) in [5.74, 6) is 1.59. The van der Waals surface area contributed by atoms with Crippen molar-refractivity contribution < 1.29 is 9.13 Å². The van der Waals surface area contributed by atoms with Gasteiger partial charge in [0.05, 0.1) is 6.57 Å². The standard InChI is InChI=1S/C49H33FN4O/c1-49(2)44-22-10-9-20-41(44)42-24-23-34(30-45(42)55-49)36-26-37(28-38(50)27-36)47-52-46(35-17-11-15-32(25-35)33-16-12-18-39(29-33)51-3)53-48(54-47)43-21-8-7-19-40(43)31-13-5-4-6-14-31/h4-30H,1-2H3. The molecule has 2 heterocycles. The fraction of sp³-hybridized carbons (Fsp3) is 0.0612. The number of benzene rings is 7. The summed E-state index contributed by atoms with van der Waals surface area (Å²) in [6.07, 6.45) is 0. The summed E-state index contributed by atoms with van der Waals surface area (Å²) >= 11 is 0.